The molecule has 0 bridgehead atoms. The van der Waals surface area contributed by atoms with Gasteiger partial charge in [0.15, 0.2) is 0 Å². The number of hydrogen-bond acceptors (Lipinski definition) is 5. The van der Waals surface area contributed by atoms with Gasteiger partial charge in [0.25, 0.3) is 0 Å². The molecule has 1 aromatic heterocycles. The molecule has 14 heavy (non-hydrogen) atoms. The molecule has 0 atom stereocenters. The Balaban J connectivity index is 1.87. The first-order valence-corrected chi connectivity index (χ1v) is 4.49. The minimum absolute atomic E-state index is 0.228. The number of anilines is 1. The summed E-state index contributed by atoms with van der Waals surface area (Å²) >= 11 is 0. The van der Waals surface area contributed by atoms with E-state index in [0.717, 1.165) is 11.4 Å². The van der Waals surface area contributed by atoms with Gasteiger partial charge in [0.05, 0.1) is 31.2 Å². The van der Waals surface area contributed by atoms with Crippen molar-refractivity contribution in [3.8, 4) is 0 Å². The van der Waals surface area contributed by atoms with E-state index in [0.29, 0.717) is 19.8 Å². The van der Waals surface area contributed by atoms with E-state index in [2.05, 4.69) is 10.4 Å². The molecule has 0 amide bonds. The van der Waals surface area contributed by atoms with Gasteiger partial charge in [-0.3, -0.25) is 10.8 Å². The molecule has 3 N–H and O–H groups in total. The Labute approximate surface area is 82.2 Å². The van der Waals surface area contributed by atoms with Gasteiger partial charge < -0.3 is 14.9 Å². The van der Waals surface area contributed by atoms with E-state index in [1.807, 2.05) is 6.07 Å². The van der Waals surface area contributed by atoms with Gasteiger partial charge in [-0.15, -0.1) is 0 Å². The van der Waals surface area contributed by atoms with E-state index >= 15 is 0 Å². The smallest absolute Gasteiger partial charge is 0.105 e. The summed E-state index contributed by atoms with van der Waals surface area (Å²) in [6.45, 7) is 1.88. The van der Waals surface area contributed by atoms with E-state index in [-0.39, 0.29) is 6.10 Å². The van der Waals surface area contributed by atoms with Crippen LogP contribution in [-0.4, -0.2) is 24.3 Å². The molecule has 1 aromatic rings. The highest BCUT2D eigenvalue weighted by atomic mass is 16.6. The van der Waals surface area contributed by atoms with Crippen molar-refractivity contribution in [3.63, 3.8) is 0 Å². The monoisotopic (exact) mass is 195 g/mol. The highest BCUT2D eigenvalue weighted by Gasteiger charge is 2.18. The standard InChI is InChI=1S/C9H13N3O2/c10-12-7-1-2-11-8(3-7)4-14-9-5-13-6-9/h1-3,9H,4-6,10H2,(H,11,12). The number of nitrogen functional groups attached to an aromatic ring is 1. The van der Waals surface area contributed by atoms with E-state index in [9.17, 15) is 0 Å². The maximum atomic E-state index is 5.51. The molecule has 0 saturated carbocycles. The molecule has 5 heteroatoms. The fraction of sp³-hybridized carbons (Fsp3) is 0.444. The topological polar surface area (TPSA) is 69.4 Å². The lowest BCUT2D eigenvalue weighted by Gasteiger charge is -2.25. The van der Waals surface area contributed by atoms with Crippen LogP contribution in [0.2, 0.25) is 0 Å². The second kappa shape index (κ2) is 4.36. The number of hydrazine groups is 1. The van der Waals surface area contributed by atoms with E-state index < -0.39 is 0 Å². The molecule has 2 rings (SSSR count). The molecule has 1 saturated heterocycles. The zero-order chi connectivity index (χ0) is 9.80. The van der Waals surface area contributed by atoms with Crippen molar-refractivity contribution in [1.82, 2.24) is 4.98 Å². The van der Waals surface area contributed by atoms with Gasteiger partial charge in [0.1, 0.15) is 6.10 Å². The molecule has 1 fully saturated rings. The lowest BCUT2D eigenvalue weighted by Crippen LogP contribution is -2.35. The summed E-state index contributed by atoms with van der Waals surface area (Å²) < 4.78 is 10.5. The number of pyridine rings is 1. The molecule has 0 radical (unpaired) electrons. The van der Waals surface area contributed by atoms with Crippen LogP contribution >= 0.6 is 0 Å². The lowest BCUT2D eigenvalue weighted by molar-refractivity contribution is -0.135. The molecule has 0 aliphatic carbocycles. The summed E-state index contributed by atoms with van der Waals surface area (Å²) in [5.74, 6) is 5.27. The van der Waals surface area contributed by atoms with Crippen molar-refractivity contribution < 1.29 is 9.47 Å². The van der Waals surface area contributed by atoms with E-state index in [4.69, 9.17) is 15.3 Å². The highest BCUT2D eigenvalue weighted by Crippen LogP contribution is 2.11. The third-order valence-electron chi connectivity index (χ3n) is 2.06. The quantitative estimate of drug-likeness (QED) is 0.533. The lowest BCUT2D eigenvalue weighted by atomic mass is 10.3. The average Bonchev–Trinajstić information content (AvgIpc) is 2.16. The molecular formula is C9H13N3O2. The van der Waals surface area contributed by atoms with Crippen molar-refractivity contribution >= 4 is 5.69 Å². The molecule has 0 unspecified atom stereocenters. The summed E-state index contributed by atoms with van der Waals surface area (Å²) in [6, 6.07) is 3.66. The second-order valence-electron chi connectivity index (χ2n) is 3.15. The van der Waals surface area contributed by atoms with Crippen LogP contribution in [0.3, 0.4) is 0 Å². The van der Waals surface area contributed by atoms with Crippen molar-refractivity contribution in [2.24, 2.45) is 5.84 Å². The van der Waals surface area contributed by atoms with Crippen molar-refractivity contribution in [2.75, 3.05) is 18.6 Å². The Hall–Kier alpha value is -1.17. The van der Waals surface area contributed by atoms with E-state index in [1.54, 1.807) is 12.3 Å². The molecular weight excluding hydrogens is 182 g/mol. The van der Waals surface area contributed by atoms with E-state index in [1.165, 1.54) is 0 Å². The van der Waals surface area contributed by atoms with Crippen LogP contribution in [0.25, 0.3) is 0 Å². The number of nitrogens with one attached hydrogen (secondary N) is 1. The molecule has 76 valence electrons. The second-order valence-corrected chi connectivity index (χ2v) is 3.15. The summed E-state index contributed by atoms with van der Waals surface area (Å²) in [7, 11) is 0. The van der Waals surface area contributed by atoms with Crippen LogP contribution in [0.4, 0.5) is 5.69 Å². The van der Waals surface area contributed by atoms with Gasteiger partial charge in [-0.2, -0.15) is 0 Å². The van der Waals surface area contributed by atoms with Crippen molar-refractivity contribution in [2.45, 2.75) is 12.7 Å². The zero-order valence-corrected chi connectivity index (χ0v) is 7.77. The van der Waals surface area contributed by atoms with Crippen LogP contribution in [0.15, 0.2) is 18.3 Å². The molecule has 2 heterocycles. The summed E-state index contributed by atoms with van der Waals surface area (Å²) in [5.41, 5.74) is 4.27. The normalized spacial score (nSPS) is 16.4. The largest absolute Gasteiger partial charge is 0.376 e. The summed E-state index contributed by atoms with van der Waals surface area (Å²) in [4.78, 5) is 4.16. The first-order valence-electron chi connectivity index (χ1n) is 4.49. The number of aromatic nitrogens is 1. The SMILES string of the molecule is NNc1ccnc(COC2COC2)c1. The van der Waals surface area contributed by atoms with Gasteiger partial charge in [0, 0.05) is 6.20 Å². The average molecular weight is 195 g/mol. The first kappa shape index (κ1) is 9.39. The first-order chi connectivity index (χ1) is 6.88. The van der Waals surface area contributed by atoms with Crippen LogP contribution in [0.5, 0.6) is 0 Å². The number of hydrogen-bond donors (Lipinski definition) is 2. The third kappa shape index (κ3) is 2.20. The Morgan fingerprint density at radius 2 is 2.50 bits per heavy atom. The van der Waals surface area contributed by atoms with Gasteiger partial charge in [0.2, 0.25) is 0 Å². The maximum absolute atomic E-state index is 5.51. The van der Waals surface area contributed by atoms with Crippen molar-refractivity contribution in [1.29, 1.82) is 0 Å². The van der Waals surface area contributed by atoms with Gasteiger partial charge in [-0.1, -0.05) is 0 Å². The molecule has 5 nitrogen and oxygen atoms in total. The molecule has 0 aromatic carbocycles. The minimum atomic E-state index is 0.228. The molecule has 0 spiro atoms. The predicted molar refractivity (Wildman–Crippen MR) is 51.4 cm³/mol. The van der Waals surface area contributed by atoms with Gasteiger partial charge in [-0.25, -0.2) is 0 Å². The molecule has 1 aliphatic rings. The highest BCUT2D eigenvalue weighted by molar-refractivity contribution is 5.41. The number of nitrogens with two attached hydrogens (primary N) is 1. The zero-order valence-electron chi connectivity index (χ0n) is 7.77. The number of nitrogens with zero attached hydrogens (tertiary/aromatic N) is 1. The third-order valence-corrected chi connectivity index (χ3v) is 2.06. The Bertz CT molecular complexity index is 302. The van der Waals surface area contributed by atoms with Crippen LogP contribution in [-0.2, 0) is 16.1 Å². The van der Waals surface area contributed by atoms with Crippen LogP contribution < -0.4 is 11.3 Å². The Morgan fingerprint density at radius 1 is 1.64 bits per heavy atom. The summed E-state index contributed by atoms with van der Waals surface area (Å²) in [5, 5.41) is 0. The fourth-order valence-electron chi connectivity index (χ4n) is 1.16. The Kier molecular flexibility index (Phi) is 2.93. The fourth-order valence-corrected chi connectivity index (χ4v) is 1.16. The minimum Gasteiger partial charge on any atom is -0.376 e. The number of ether oxygens (including phenoxy) is 2. The van der Waals surface area contributed by atoms with Gasteiger partial charge >= 0.3 is 0 Å². The van der Waals surface area contributed by atoms with Crippen LogP contribution in [0, 0.1) is 0 Å². The van der Waals surface area contributed by atoms with Crippen molar-refractivity contribution in [3.05, 3.63) is 24.0 Å². The van der Waals surface area contributed by atoms with Gasteiger partial charge in [-0.05, 0) is 12.1 Å². The Morgan fingerprint density at radius 3 is 3.14 bits per heavy atom. The molecule has 1 aliphatic heterocycles. The van der Waals surface area contributed by atoms with Crippen LogP contribution in [0.1, 0.15) is 5.69 Å². The number of rotatable bonds is 4. The summed E-state index contributed by atoms with van der Waals surface area (Å²) in [6.07, 6.45) is 1.93. The maximum Gasteiger partial charge on any atom is 0.105 e. The predicted octanol–water partition coefficient (Wildman–Crippen LogP) is 0.283.